The Balaban J connectivity index is 1.60. The van der Waals surface area contributed by atoms with E-state index in [0.717, 1.165) is 36.1 Å². The smallest absolute Gasteiger partial charge is 0.277 e. The minimum Gasteiger partial charge on any atom is -0.338 e. The fraction of sp³-hybridized carbons (Fsp3) is 0.105. The lowest BCUT2D eigenvalue weighted by Crippen LogP contribution is -2.29. The fourth-order valence-corrected chi connectivity index (χ4v) is 2.99. The summed E-state index contributed by atoms with van der Waals surface area (Å²) in [6, 6.07) is 10.8. The number of amides is 1. The van der Waals surface area contributed by atoms with Crippen LogP contribution in [0.15, 0.2) is 48.8 Å². The maximum Gasteiger partial charge on any atom is 0.277 e. The third-order valence-electron chi connectivity index (χ3n) is 4.32. The summed E-state index contributed by atoms with van der Waals surface area (Å²) in [6.45, 7) is 0.531. The van der Waals surface area contributed by atoms with E-state index in [-0.39, 0.29) is 23.1 Å². The third kappa shape index (κ3) is 3.10. The van der Waals surface area contributed by atoms with Crippen molar-refractivity contribution in [3.63, 3.8) is 0 Å². The first-order valence-corrected chi connectivity index (χ1v) is 8.17. The lowest BCUT2D eigenvalue weighted by molar-refractivity contribution is 0.0984. The molecule has 1 N–H and O–H groups in total. The predicted molar refractivity (Wildman–Crippen MR) is 93.5 cm³/mol. The second-order valence-corrected chi connectivity index (χ2v) is 5.97. The largest absolute Gasteiger partial charge is 0.338 e. The van der Waals surface area contributed by atoms with Crippen molar-refractivity contribution in [3.8, 4) is 0 Å². The second-order valence-electron chi connectivity index (χ2n) is 5.97. The molecule has 4 rings (SSSR count). The highest BCUT2D eigenvalue weighted by Gasteiger charge is 2.26. The van der Waals surface area contributed by atoms with Gasteiger partial charge in [0.25, 0.3) is 5.91 Å². The van der Waals surface area contributed by atoms with E-state index < -0.39 is 17.5 Å². The summed E-state index contributed by atoms with van der Waals surface area (Å²) >= 11 is 0. The minimum atomic E-state index is -1.58. The van der Waals surface area contributed by atoms with Crippen LogP contribution in [0.3, 0.4) is 0 Å². The van der Waals surface area contributed by atoms with Crippen LogP contribution in [0, 0.1) is 17.5 Å². The molecule has 2 heterocycles. The summed E-state index contributed by atoms with van der Waals surface area (Å²) in [5.74, 6) is -4.47. The third-order valence-corrected chi connectivity index (χ3v) is 4.32. The van der Waals surface area contributed by atoms with E-state index in [0.29, 0.717) is 6.54 Å². The Morgan fingerprint density at radius 2 is 1.85 bits per heavy atom. The SMILES string of the molecule is O=C(c1cc(Nc2ccc(F)c(F)c2F)ncn1)N1CCc2ccccc21. The van der Waals surface area contributed by atoms with Gasteiger partial charge < -0.3 is 10.2 Å². The Hall–Kier alpha value is -3.42. The Bertz CT molecular complexity index is 1040. The van der Waals surface area contributed by atoms with Gasteiger partial charge in [0.05, 0.1) is 5.69 Å². The van der Waals surface area contributed by atoms with Gasteiger partial charge in [0, 0.05) is 18.3 Å². The van der Waals surface area contributed by atoms with Gasteiger partial charge in [0.1, 0.15) is 17.8 Å². The topological polar surface area (TPSA) is 58.1 Å². The summed E-state index contributed by atoms with van der Waals surface area (Å²) in [6.07, 6.45) is 1.90. The van der Waals surface area contributed by atoms with Gasteiger partial charge >= 0.3 is 0 Å². The van der Waals surface area contributed by atoms with Gasteiger partial charge in [-0.25, -0.2) is 23.1 Å². The molecule has 0 radical (unpaired) electrons. The quantitative estimate of drug-likeness (QED) is 0.712. The van der Waals surface area contributed by atoms with Crippen LogP contribution in [-0.4, -0.2) is 22.4 Å². The monoisotopic (exact) mass is 370 g/mol. The maximum atomic E-state index is 13.8. The van der Waals surface area contributed by atoms with Gasteiger partial charge in [-0.05, 0) is 30.2 Å². The molecule has 0 fully saturated rings. The summed E-state index contributed by atoms with van der Waals surface area (Å²) < 4.78 is 40.2. The molecule has 0 aliphatic carbocycles. The molecule has 8 heteroatoms. The summed E-state index contributed by atoms with van der Waals surface area (Å²) in [5.41, 5.74) is 1.70. The molecule has 2 aromatic carbocycles. The molecule has 1 aliphatic rings. The number of nitrogens with one attached hydrogen (secondary N) is 1. The van der Waals surface area contributed by atoms with Crippen molar-refractivity contribution in [1.82, 2.24) is 9.97 Å². The first-order valence-electron chi connectivity index (χ1n) is 8.17. The van der Waals surface area contributed by atoms with Gasteiger partial charge in [-0.15, -0.1) is 0 Å². The molecule has 0 unspecified atom stereocenters. The molecule has 0 atom stereocenters. The predicted octanol–water partition coefficient (Wildman–Crippen LogP) is 3.84. The zero-order valence-corrected chi connectivity index (χ0v) is 13.9. The van der Waals surface area contributed by atoms with Crippen LogP contribution in [0.25, 0.3) is 0 Å². The molecule has 1 amide bonds. The average Bonchev–Trinajstić information content (AvgIpc) is 3.12. The first-order chi connectivity index (χ1) is 13.0. The Morgan fingerprint density at radius 3 is 2.70 bits per heavy atom. The van der Waals surface area contributed by atoms with E-state index in [2.05, 4.69) is 15.3 Å². The number of anilines is 3. The summed E-state index contributed by atoms with van der Waals surface area (Å²) in [5, 5.41) is 2.54. The summed E-state index contributed by atoms with van der Waals surface area (Å²) in [4.78, 5) is 22.3. The van der Waals surface area contributed by atoms with Crippen LogP contribution in [0.5, 0.6) is 0 Å². The molecule has 1 aliphatic heterocycles. The highest BCUT2D eigenvalue weighted by Crippen LogP contribution is 2.29. The highest BCUT2D eigenvalue weighted by atomic mass is 19.2. The van der Waals surface area contributed by atoms with Crippen LogP contribution in [0.4, 0.5) is 30.4 Å². The number of hydrogen-bond donors (Lipinski definition) is 1. The number of fused-ring (bicyclic) bond motifs is 1. The van der Waals surface area contributed by atoms with Crippen molar-refractivity contribution in [3.05, 3.63) is 77.5 Å². The number of rotatable bonds is 3. The Morgan fingerprint density at radius 1 is 1.04 bits per heavy atom. The van der Waals surface area contributed by atoms with Crippen LogP contribution >= 0.6 is 0 Å². The zero-order valence-electron chi connectivity index (χ0n) is 13.9. The number of benzene rings is 2. The lowest BCUT2D eigenvalue weighted by atomic mass is 10.2. The van der Waals surface area contributed by atoms with Crippen molar-refractivity contribution in [2.75, 3.05) is 16.8 Å². The Labute approximate surface area is 152 Å². The normalized spacial score (nSPS) is 12.8. The molecule has 0 saturated carbocycles. The number of nitrogens with zero attached hydrogens (tertiary/aromatic N) is 3. The Kier molecular flexibility index (Phi) is 4.23. The molecule has 5 nitrogen and oxygen atoms in total. The van der Waals surface area contributed by atoms with Crippen molar-refractivity contribution in [2.45, 2.75) is 6.42 Å². The van der Waals surface area contributed by atoms with Gasteiger partial charge in [-0.3, -0.25) is 4.79 Å². The molecule has 1 aromatic heterocycles. The van der Waals surface area contributed by atoms with Gasteiger partial charge in [0.15, 0.2) is 17.5 Å². The number of carbonyl (C=O) groups excluding carboxylic acids is 1. The molecule has 27 heavy (non-hydrogen) atoms. The number of hydrogen-bond acceptors (Lipinski definition) is 4. The van der Waals surface area contributed by atoms with E-state index in [9.17, 15) is 18.0 Å². The van der Waals surface area contributed by atoms with Crippen LogP contribution < -0.4 is 10.2 Å². The molecule has 0 spiro atoms. The highest BCUT2D eigenvalue weighted by molar-refractivity contribution is 6.06. The van der Waals surface area contributed by atoms with Crippen molar-refractivity contribution in [2.24, 2.45) is 0 Å². The van der Waals surface area contributed by atoms with Crippen LogP contribution in [0.2, 0.25) is 0 Å². The van der Waals surface area contributed by atoms with Gasteiger partial charge in [-0.2, -0.15) is 0 Å². The number of halogens is 3. The number of aromatic nitrogens is 2. The second kappa shape index (κ2) is 6.71. The molecule has 136 valence electrons. The number of carbonyl (C=O) groups is 1. The minimum absolute atomic E-state index is 0.0886. The zero-order chi connectivity index (χ0) is 19.0. The lowest BCUT2D eigenvalue weighted by Gasteiger charge is -2.17. The summed E-state index contributed by atoms with van der Waals surface area (Å²) in [7, 11) is 0. The molecular formula is C19H13F3N4O. The van der Waals surface area contributed by atoms with E-state index in [1.807, 2.05) is 24.3 Å². The molecule has 0 saturated heterocycles. The van der Waals surface area contributed by atoms with E-state index in [1.54, 1.807) is 4.90 Å². The van der Waals surface area contributed by atoms with Crippen LogP contribution in [-0.2, 0) is 6.42 Å². The van der Waals surface area contributed by atoms with Crippen molar-refractivity contribution < 1.29 is 18.0 Å². The van der Waals surface area contributed by atoms with Gasteiger partial charge in [0.2, 0.25) is 0 Å². The van der Waals surface area contributed by atoms with E-state index in [4.69, 9.17) is 0 Å². The van der Waals surface area contributed by atoms with Gasteiger partial charge in [-0.1, -0.05) is 18.2 Å². The molecular weight excluding hydrogens is 357 g/mol. The van der Waals surface area contributed by atoms with E-state index >= 15 is 0 Å². The molecule has 3 aromatic rings. The number of para-hydroxylation sites is 1. The first kappa shape index (κ1) is 17.0. The maximum absolute atomic E-state index is 13.8. The van der Waals surface area contributed by atoms with Crippen molar-refractivity contribution >= 4 is 23.1 Å². The standard InChI is InChI=1S/C19H13F3N4O/c20-12-5-6-13(18(22)17(12)21)25-16-9-14(23-10-24-16)19(27)26-8-7-11-3-1-2-4-15(11)26/h1-6,9-10H,7-8H2,(H,23,24,25). The fourth-order valence-electron chi connectivity index (χ4n) is 2.99. The molecule has 0 bridgehead atoms. The van der Waals surface area contributed by atoms with Crippen molar-refractivity contribution in [1.29, 1.82) is 0 Å². The average molecular weight is 370 g/mol. The van der Waals surface area contributed by atoms with E-state index in [1.165, 1.54) is 6.07 Å². The van der Waals surface area contributed by atoms with Crippen LogP contribution in [0.1, 0.15) is 16.1 Å².